The topological polar surface area (TPSA) is 152 Å². The number of rotatable bonds is 13. The molecule has 0 atom stereocenters. The van der Waals surface area contributed by atoms with E-state index in [2.05, 4.69) is 110 Å². The van der Waals surface area contributed by atoms with E-state index in [-0.39, 0.29) is 29.9 Å². The molecule has 1 aliphatic carbocycles. The first kappa shape index (κ1) is 44.0. The molecule has 0 spiro atoms. The van der Waals surface area contributed by atoms with Crippen molar-refractivity contribution < 1.29 is 40.4 Å². The van der Waals surface area contributed by atoms with Crippen molar-refractivity contribution in [2.45, 2.75) is 70.6 Å². The van der Waals surface area contributed by atoms with Crippen LogP contribution in [0, 0.1) is 0 Å². The van der Waals surface area contributed by atoms with Crippen LogP contribution in [0.5, 0.6) is 0 Å². The number of hydrogen-bond acceptors (Lipinski definition) is 6. The van der Waals surface area contributed by atoms with Crippen LogP contribution >= 0.6 is 0 Å². The number of carboxylic acid groups (broad SMARTS) is 1. The minimum absolute atomic E-state index is 0.187. The fourth-order valence-corrected chi connectivity index (χ4v) is 11.1. The van der Waals surface area contributed by atoms with E-state index in [0.29, 0.717) is 13.1 Å². The van der Waals surface area contributed by atoms with E-state index in [0.717, 1.165) is 97.0 Å². The average molecular weight is 886 g/mol. The average Bonchev–Trinajstić information content (AvgIpc) is 3.59. The highest BCUT2D eigenvalue weighted by Gasteiger charge is 2.46. The van der Waals surface area contributed by atoms with Gasteiger partial charge in [0.25, 0.3) is 20.2 Å². The van der Waals surface area contributed by atoms with Gasteiger partial charge in [-0.1, -0.05) is 92.7 Å². The number of carboxylic acids is 1. The maximum absolute atomic E-state index is 12.0. The van der Waals surface area contributed by atoms with Gasteiger partial charge in [-0.05, 0) is 119 Å². The number of benzene rings is 5. The normalized spacial score (nSPS) is 18.7. The van der Waals surface area contributed by atoms with Crippen LogP contribution in [0.2, 0.25) is 0 Å². The van der Waals surface area contributed by atoms with Crippen molar-refractivity contribution in [3.8, 4) is 0 Å². The molecule has 3 N–H and O–H groups in total. The molecule has 0 unspecified atom stereocenters. The lowest BCUT2D eigenvalue weighted by molar-refractivity contribution is -0.437. The van der Waals surface area contributed by atoms with Gasteiger partial charge in [-0.3, -0.25) is 9.11 Å². The zero-order valence-corrected chi connectivity index (χ0v) is 37.6. The van der Waals surface area contributed by atoms with Crippen LogP contribution in [0.15, 0.2) is 138 Å². The van der Waals surface area contributed by atoms with Crippen LogP contribution in [0.1, 0.15) is 86.8 Å². The predicted molar refractivity (Wildman–Crippen MR) is 253 cm³/mol. The number of hydrogen-bond donors (Lipinski definition) is 3. The van der Waals surface area contributed by atoms with Gasteiger partial charge >= 0.3 is 5.97 Å². The second kappa shape index (κ2) is 16.8. The fraction of sp³-hybridized carbons (Fsp3) is 0.294. The third kappa shape index (κ3) is 8.69. The van der Waals surface area contributed by atoms with Crippen LogP contribution in [0.4, 0.5) is 11.4 Å². The van der Waals surface area contributed by atoms with Gasteiger partial charge in [0, 0.05) is 47.5 Å². The first-order valence-electron chi connectivity index (χ1n) is 21.4. The van der Waals surface area contributed by atoms with E-state index in [1.165, 1.54) is 0 Å². The van der Waals surface area contributed by atoms with Gasteiger partial charge in [0.1, 0.15) is 6.54 Å². The maximum Gasteiger partial charge on any atom is 0.335 e. The molecule has 5 aromatic rings. The fourth-order valence-electron chi connectivity index (χ4n) is 10.1. The Bertz CT molecular complexity index is 3060. The zero-order valence-electron chi connectivity index (χ0n) is 36.0. The molecule has 8 rings (SSSR count). The quantitative estimate of drug-likeness (QED) is 0.0775. The molecule has 2 heterocycles. The standard InChI is InChI=1S/C51H52N2O8S2/c1-50(2)44(52(30-10-32-62(56,57)58)42-26-22-34-12-5-7-16-40(34)47(42)50)28-24-36-14-9-15-37(46(36)38-18-20-39(21-19-38)49(54)55)25-29-45-51(3,4)48-41-17-8-6-13-35(41)23-27-43(48)53(45)31-11-33-63(59,60)61/h5-8,12-13,16-29H,9-11,14-15,30-33H2,1-4H3,(H2-,54,55,56,57,58,59,60,61)/p+1. The van der Waals surface area contributed by atoms with Crippen molar-refractivity contribution in [2.24, 2.45) is 0 Å². The van der Waals surface area contributed by atoms with Gasteiger partial charge in [0.05, 0.1) is 22.5 Å². The molecule has 0 bridgehead atoms. The predicted octanol–water partition coefficient (Wildman–Crippen LogP) is 10.4. The third-order valence-corrected chi connectivity index (χ3v) is 14.5. The number of nitrogens with zero attached hydrogens (tertiary/aromatic N) is 2. The van der Waals surface area contributed by atoms with E-state index in [1.807, 2.05) is 36.4 Å². The zero-order chi connectivity index (χ0) is 44.9. The molecule has 326 valence electrons. The Hall–Kier alpha value is -5.66. The monoisotopic (exact) mass is 885 g/mol. The van der Waals surface area contributed by atoms with E-state index >= 15 is 0 Å². The van der Waals surface area contributed by atoms with Gasteiger partial charge in [-0.2, -0.15) is 21.4 Å². The number of anilines is 1. The molecule has 63 heavy (non-hydrogen) atoms. The Kier molecular flexibility index (Phi) is 11.7. The Morgan fingerprint density at radius 1 is 0.714 bits per heavy atom. The second-order valence-electron chi connectivity index (χ2n) is 17.8. The van der Waals surface area contributed by atoms with Crippen molar-refractivity contribution in [3.63, 3.8) is 0 Å². The maximum atomic E-state index is 12.0. The molecule has 0 fully saturated rings. The summed E-state index contributed by atoms with van der Waals surface area (Å²) in [4.78, 5) is 14.1. The van der Waals surface area contributed by atoms with Gasteiger partial charge in [0.2, 0.25) is 5.69 Å². The van der Waals surface area contributed by atoms with Crippen LogP contribution < -0.4 is 4.90 Å². The molecule has 0 aromatic heterocycles. The third-order valence-electron chi connectivity index (χ3n) is 12.9. The lowest BCUT2D eigenvalue weighted by Gasteiger charge is -2.28. The highest BCUT2D eigenvalue weighted by molar-refractivity contribution is 7.86. The van der Waals surface area contributed by atoms with Crippen LogP contribution in [-0.4, -0.2) is 71.9 Å². The van der Waals surface area contributed by atoms with Crippen molar-refractivity contribution in [3.05, 3.63) is 160 Å². The molecule has 3 aliphatic rings. The minimum Gasteiger partial charge on any atom is -0.478 e. The van der Waals surface area contributed by atoms with Crippen molar-refractivity contribution in [1.29, 1.82) is 0 Å². The highest BCUT2D eigenvalue weighted by atomic mass is 32.2. The van der Waals surface area contributed by atoms with Gasteiger partial charge in [-0.15, -0.1) is 0 Å². The molecule has 0 saturated heterocycles. The lowest BCUT2D eigenvalue weighted by atomic mass is 9.78. The SMILES string of the molecule is CC1(C)C(=CC=C2CCCC(C=CC3=[N+](CCCS(=O)(=O)O)c4ccc5ccccc5c4C3(C)C)=C2c2ccc(C(=O)O)cc2)N(CCCS(=O)(=O)O)c2ccc3ccccc3c21. The summed E-state index contributed by atoms with van der Waals surface area (Å²) < 4.78 is 68.8. The minimum atomic E-state index is -4.16. The van der Waals surface area contributed by atoms with Gasteiger partial charge in [0.15, 0.2) is 5.71 Å². The van der Waals surface area contributed by atoms with Crippen molar-refractivity contribution in [1.82, 2.24) is 0 Å². The molecule has 12 heteroatoms. The van der Waals surface area contributed by atoms with Gasteiger partial charge < -0.3 is 10.0 Å². The van der Waals surface area contributed by atoms with Gasteiger partial charge in [-0.25, -0.2) is 4.79 Å². The number of fused-ring (bicyclic) bond motifs is 6. The molecule has 0 amide bonds. The molecule has 2 aliphatic heterocycles. The Labute approximate surface area is 369 Å². The lowest BCUT2D eigenvalue weighted by Crippen LogP contribution is -2.28. The summed E-state index contributed by atoms with van der Waals surface area (Å²) in [5, 5.41) is 14.2. The molecule has 0 saturated carbocycles. The number of aromatic carboxylic acids is 1. The first-order valence-corrected chi connectivity index (χ1v) is 24.6. The van der Waals surface area contributed by atoms with Crippen LogP contribution in [0.3, 0.4) is 0 Å². The Morgan fingerprint density at radius 2 is 1.33 bits per heavy atom. The van der Waals surface area contributed by atoms with E-state index in [1.54, 1.807) is 12.1 Å². The summed E-state index contributed by atoms with van der Waals surface area (Å²) in [5.41, 5.74) is 9.54. The molecular formula is C51H53N2O8S2+. The summed E-state index contributed by atoms with van der Waals surface area (Å²) in [6.45, 7) is 9.50. The molecule has 0 radical (unpaired) electrons. The smallest absolute Gasteiger partial charge is 0.335 e. The first-order chi connectivity index (χ1) is 29.8. The second-order valence-corrected chi connectivity index (χ2v) is 20.9. The molecular weight excluding hydrogens is 833 g/mol. The Morgan fingerprint density at radius 3 is 1.98 bits per heavy atom. The summed E-state index contributed by atoms with van der Waals surface area (Å²) in [6.07, 6.45) is 11.4. The number of carbonyl (C=O) groups is 1. The summed E-state index contributed by atoms with van der Waals surface area (Å²) >= 11 is 0. The molecule has 5 aromatic carbocycles. The largest absolute Gasteiger partial charge is 0.478 e. The van der Waals surface area contributed by atoms with E-state index in [4.69, 9.17) is 0 Å². The summed E-state index contributed by atoms with van der Waals surface area (Å²) in [7, 11) is -8.32. The summed E-state index contributed by atoms with van der Waals surface area (Å²) in [5.74, 6) is -1.72. The van der Waals surface area contributed by atoms with E-state index < -0.39 is 37.0 Å². The van der Waals surface area contributed by atoms with Crippen LogP contribution in [0.25, 0.3) is 27.1 Å². The van der Waals surface area contributed by atoms with E-state index in [9.17, 15) is 35.8 Å². The van der Waals surface area contributed by atoms with Crippen LogP contribution in [-0.2, 0) is 31.1 Å². The highest BCUT2D eigenvalue weighted by Crippen LogP contribution is 2.51. The number of allylic oxidation sites excluding steroid dienone is 8. The van der Waals surface area contributed by atoms with Crippen molar-refractivity contribution >= 4 is 70.4 Å². The van der Waals surface area contributed by atoms with Crippen molar-refractivity contribution in [2.75, 3.05) is 29.5 Å². The molecule has 10 nitrogen and oxygen atoms in total. The summed E-state index contributed by atoms with van der Waals surface area (Å²) in [6, 6.07) is 31.8. The Balaban J connectivity index is 1.27.